The molecule has 0 N–H and O–H groups in total. The van der Waals surface area contributed by atoms with Crippen LogP contribution in [0.2, 0.25) is 0 Å². The molecular weight excluding hydrogens is 256 g/mol. The summed E-state index contributed by atoms with van der Waals surface area (Å²) in [5.74, 6) is 0. The molecule has 2 nitrogen and oxygen atoms in total. The van der Waals surface area contributed by atoms with Gasteiger partial charge in [0.2, 0.25) is 0 Å². The van der Waals surface area contributed by atoms with Crippen LogP contribution in [0.15, 0.2) is 67.0 Å². The Balaban J connectivity index is 2.34. The maximum absolute atomic E-state index is 8.46. The molecule has 0 aliphatic carbocycles. The zero-order valence-electron chi connectivity index (χ0n) is 18.2. The summed E-state index contributed by atoms with van der Waals surface area (Å²) >= 11 is 0. The highest BCUT2D eigenvalue weighted by atomic mass is 14.8. The van der Waals surface area contributed by atoms with Crippen LogP contribution in [-0.2, 0) is 6.37 Å². The Morgan fingerprint density at radius 2 is 1.81 bits per heavy atom. The van der Waals surface area contributed by atoms with Gasteiger partial charge in [-0.2, -0.15) is 0 Å². The zero-order valence-corrected chi connectivity index (χ0v) is 11.2. The molecule has 2 heteroatoms. The number of hydrogen-bond donors (Lipinski definition) is 0. The summed E-state index contributed by atoms with van der Waals surface area (Å²) < 4.78 is 55.6. The third-order valence-electron chi connectivity index (χ3n) is 3.12. The number of rotatable bonds is 4. The van der Waals surface area contributed by atoms with Crippen molar-refractivity contribution in [1.29, 1.82) is 0 Å². The van der Waals surface area contributed by atoms with Crippen molar-refractivity contribution in [2.24, 2.45) is 0 Å². The highest BCUT2D eigenvalue weighted by molar-refractivity contribution is 5.81. The second kappa shape index (κ2) is 6.31. The molecule has 104 valence electrons. The third kappa shape index (κ3) is 2.84. The third-order valence-corrected chi connectivity index (χ3v) is 3.12. The van der Waals surface area contributed by atoms with Gasteiger partial charge in [-0.25, -0.2) is 0 Å². The first-order chi connectivity index (χ1) is 13.1. The molecule has 3 aromatic rings. The predicted molar refractivity (Wildman–Crippen MR) is 86.9 cm³/mol. The van der Waals surface area contributed by atoms with Gasteiger partial charge < -0.3 is 0 Å². The van der Waals surface area contributed by atoms with Crippen LogP contribution < -0.4 is 0 Å². The number of aryl methyl sites for hydroxylation is 1. The van der Waals surface area contributed by atoms with E-state index in [1.807, 2.05) is 0 Å². The lowest BCUT2D eigenvalue weighted by Crippen LogP contribution is -1.97. The highest BCUT2D eigenvalue weighted by Crippen LogP contribution is 2.32. The van der Waals surface area contributed by atoms with Gasteiger partial charge in [-0.1, -0.05) is 49.6 Å². The fourth-order valence-corrected chi connectivity index (χ4v) is 2.23. The summed E-state index contributed by atoms with van der Waals surface area (Å²) in [5.41, 5.74) is 1.66. The quantitative estimate of drug-likeness (QED) is 0.689. The van der Waals surface area contributed by atoms with Crippen molar-refractivity contribution in [3.05, 3.63) is 72.6 Å². The molecule has 0 atom stereocenters. The lowest BCUT2D eigenvalue weighted by molar-refractivity contribution is 0.920. The van der Waals surface area contributed by atoms with Crippen molar-refractivity contribution >= 4 is 0 Å². The Kier molecular flexibility index (Phi) is 2.26. The molecule has 0 saturated heterocycles. The van der Waals surface area contributed by atoms with E-state index in [-0.39, 0.29) is 5.56 Å². The number of pyridine rings is 2. The standard InChI is InChI=1S/C19H18N2/c1-2-8-15-12-14-21-19(17-11-6-7-13-20-17)18(15)16-9-4-3-5-10-16/h3-7,9-14H,2,8H2,1H3/i1D3,2D2,8D2. The van der Waals surface area contributed by atoms with E-state index < -0.39 is 19.6 Å². The zero-order chi connectivity index (χ0) is 20.6. The van der Waals surface area contributed by atoms with Crippen LogP contribution in [0.25, 0.3) is 22.5 Å². The van der Waals surface area contributed by atoms with Crippen molar-refractivity contribution in [2.75, 3.05) is 0 Å². The van der Waals surface area contributed by atoms with E-state index in [2.05, 4.69) is 9.97 Å². The summed E-state index contributed by atoms with van der Waals surface area (Å²) in [6.45, 7) is -3.15. The predicted octanol–water partition coefficient (Wildman–Crippen LogP) is 4.76. The molecule has 2 aromatic heterocycles. The number of benzene rings is 1. The minimum absolute atomic E-state index is 0.0875. The van der Waals surface area contributed by atoms with Crippen LogP contribution in [0.5, 0.6) is 0 Å². The number of aromatic nitrogens is 2. The van der Waals surface area contributed by atoms with Gasteiger partial charge >= 0.3 is 0 Å². The summed E-state index contributed by atoms with van der Waals surface area (Å²) in [6, 6.07) is 15.4. The minimum Gasteiger partial charge on any atom is -0.255 e. The van der Waals surface area contributed by atoms with Gasteiger partial charge in [-0.15, -0.1) is 0 Å². The Hall–Kier alpha value is -2.48. The smallest absolute Gasteiger partial charge is 0.0967 e. The monoisotopic (exact) mass is 281 g/mol. The van der Waals surface area contributed by atoms with Crippen molar-refractivity contribution in [1.82, 2.24) is 9.97 Å². The van der Waals surface area contributed by atoms with Crippen LogP contribution in [0.3, 0.4) is 0 Å². The number of hydrogen-bond acceptors (Lipinski definition) is 2. The first-order valence-corrected chi connectivity index (χ1v) is 6.53. The SMILES string of the molecule is [2H]C([2H])([2H])C([2H])([2H])C([2H])([2H])c1ccnc(-c2ccccn2)c1-c1ccccc1. The Morgan fingerprint density at radius 3 is 2.57 bits per heavy atom. The fourth-order valence-electron chi connectivity index (χ4n) is 2.23. The van der Waals surface area contributed by atoms with Gasteiger partial charge in [0.1, 0.15) is 0 Å². The molecule has 1 aromatic carbocycles. The van der Waals surface area contributed by atoms with E-state index in [1.54, 1.807) is 54.7 Å². The Morgan fingerprint density at radius 1 is 0.952 bits per heavy atom. The summed E-state index contributed by atoms with van der Waals surface area (Å²) in [7, 11) is 0. The van der Waals surface area contributed by atoms with Crippen LogP contribution >= 0.6 is 0 Å². The molecule has 0 spiro atoms. The summed E-state index contributed by atoms with van der Waals surface area (Å²) in [5, 5.41) is 0. The molecule has 0 aliphatic rings. The molecule has 0 saturated carbocycles. The average Bonchev–Trinajstić information content (AvgIpc) is 2.67. The number of nitrogens with zero attached hydrogens (tertiary/aromatic N) is 2. The molecule has 0 amide bonds. The topological polar surface area (TPSA) is 25.8 Å². The fraction of sp³-hybridized carbons (Fsp3) is 0.158. The molecular formula is C19H18N2. The van der Waals surface area contributed by atoms with Gasteiger partial charge in [-0.3, -0.25) is 9.97 Å². The molecule has 0 radical (unpaired) electrons. The average molecular weight is 281 g/mol. The molecule has 21 heavy (non-hydrogen) atoms. The van der Waals surface area contributed by atoms with Crippen molar-refractivity contribution in [3.63, 3.8) is 0 Å². The molecule has 2 heterocycles. The normalized spacial score (nSPS) is 17.4. The van der Waals surface area contributed by atoms with Gasteiger partial charge in [0.15, 0.2) is 0 Å². The molecule has 3 rings (SSSR count). The van der Waals surface area contributed by atoms with E-state index >= 15 is 0 Å². The molecule has 0 aliphatic heterocycles. The molecule has 0 unspecified atom stereocenters. The second-order valence-electron chi connectivity index (χ2n) is 4.41. The van der Waals surface area contributed by atoms with E-state index in [4.69, 9.17) is 9.60 Å². The lowest BCUT2D eigenvalue weighted by atomic mass is 9.94. The Bertz CT molecular complexity index is 955. The van der Waals surface area contributed by atoms with E-state index in [1.165, 1.54) is 12.3 Å². The van der Waals surface area contributed by atoms with Gasteiger partial charge in [0.25, 0.3) is 0 Å². The van der Waals surface area contributed by atoms with Crippen LogP contribution in [-0.4, -0.2) is 9.97 Å². The first kappa shape index (κ1) is 7.51. The Labute approximate surface area is 135 Å². The van der Waals surface area contributed by atoms with Gasteiger partial charge in [0.05, 0.1) is 11.4 Å². The van der Waals surface area contributed by atoms with E-state index in [9.17, 15) is 0 Å². The van der Waals surface area contributed by atoms with Crippen LogP contribution in [0, 0.1) is 0 Å². The summed E-state index contributed by atoms with van der Waals surface area (Å²) in [6.07, 6.45) is -3.00. The summed E-state index contributed by atoms with van der Waals surface area (Å²) in [4.78, 5) is 8.63. The van der Waals surface area contributed by atoms with Crippen LogP contribution in [0.1, 0.15) is 28.4 Å². The first-order valence-electron chi connectivity index (χ1n) is 10.0. The molecule has 0 fully saturated rings. The van der Waals surface area contributed by atoms with E-state index in [0.717, 1.165) is 0 Å². The van der Waals surface area contributed by atoms with Crippen molar-refractivity contribution in [3.8, 4) is 22.5 Å². The largest absolute Gasteiger partial charge is 0.255 e. The van der Waals surface area contributed by atoms with E-state index in [0.29, 0.717) is 22.5 Å². The lowest BCUT2D eigenvalue weighted by Gasteiger charge is -2.13. The minimum atomic E-state index is -3.15. The highest BCUT2D eigenvalue weighted by Gasteiger charge is 2.13. The maximum atomic E-state index is 8.46. The maximum Gasteiger partial charge on any atom is 0.0967 e. The van der Waals surface area contributed by atoms with Gasteiger partial charge in [0, 0.05) is 27.6 Å². The second-order valence-corrected chi connectivity index (χ2v) is 4.41. The van der Waals surface area contributed by atoms with Gasteiger partial charge in [-0.05, 0) is 35.7 Å². The van der Waals surface area contributed by atoms with Crippen molar-refractivity contribution in [2.45, 2.75) is 19.6 Å². The molecule has 0 bridgehead atoms. The van der Waals surface area contributed by atoms with Crippen molar-refractivity contribution < 1.29 is 9.60 Å². The van der Waals surface area contributed by atoms with Crippen LogP contribution in [0.4, 0.5) is 0 Å².